The zero-order valence-electron chi connectivity index (χ0n) is 17.0. The monoisotopic (exact) mass is 516 g/mol. The summed E-state index contributed by atoms with van der Waals surface area (Å²) in [6, 6.07) is 8.36. The van der Waals surface area contributed by atoms with Gasteiger partial charge in [0.2, 0.25) is 0 Å². The van der Waals surface area contributed by atoms with Crippen LogP contribution in [0.15, 0.2) is 29.3 Å². The molecule has 0 amide bonds. The van der Waals surface area contributed by atoms with Crippen LogP contribution >= 0.6 is 35.6 Å². The van der Waals surface area contributed by atoms with E-state index in [2.05, 4.69) is 40.2 Å². The van der Waals surface area contributed by atoms with Crippen LogP contribution in [0, 0.1) is 5.92 Å². The van der Waals surface area contributed by atoms with E-state index in [1.54, 1.807) is 0 Å². The van der Waals surface area contributed by atoms with Gasteiger partial charge >= 0.3 is 0 Å². The molecule has 1 saturated carbocycles. The number of halogens is 2. The number of nitrogens with zero attached hydrogens (tertiary/aromatic N) is 3. The van der Waals surface area contributed by atoms with E-state index in [1.807, 2.05) is 6.07 Å². The van der Waals surface area contributed by atoms with Gasteiger partial charge in [-0.3, -0.25) is 4.99 Å². The van der Waals surface area contributed by atoms with Crippen LogP contribution in [0.3, 0.4) is 0 Å². The van der Waals surface area contributed by atoms with Gasteiger partial charge < -0.3 is 15.1 Å². The Hall–Kier alpha value is -0.530. The van der Waals surface area contributed by atoms with E-state index in [0.717, 1.165) is 43.1 Å². The average molecular weight is 517 g/mol. The molecule has 1 N–H and O–H groups in total. The molecular weight excluding hydrogens is 483 g/mol. The van der Waals surface area contributed by atoms with Gasteiger partial charge in [0.15, 0.2) is 5.96 Å². The van der Waals surface area contributed by atoms with E-state index in [-0.39, 0.29) is 29.4 Å². The van der Waals surface area contributed by atoms with Crippen molar-refractivity contribution in [3.8, 4) is 0 Å². The summed E-state index contributed by atoms with van der Waals surface area (Å²) in [4.78, 5) is 10.2. The summed E-state index contributed by atoms with van der Waals surface area (Å²) in [7, 11) is 0. The van der Waals surface area contributed by atoms with Gasteiger partial charge in [0, 0.05) is 36.6 Å². The van der Waals surface area contributed by atoms with Crippen LogP contribution in [-0.2, 0) is 5.41 Å². The van der Waals surface area contributed by atoms with Crippen molar-refractivity contribution in [2.24, 2.45) is 10.9 Å². The van der Waals surface area contributed by atoms with Crippen LogP contribution < -0.4 is 5.32 Å². The molecule has 1 atom stereocenters. The average Bonchev–Trinajstić information content (AvgIpc) is 3.04. The molecule has 28 heavy (non-hydrogen) atoms. The van der Waals surface area contributed by atoms with Crippen molar-refractivity contribution in [3.63, 3.8) is 0 Å². The molecule has 156 valence electrons. The van der Waals surface area contributed by atoms with Crippen LogP contribution in [0.4, 0.5) is 0 Å². The normalized spacial score (nSPS) is 24.3. The Morgan fingerprint density at radius 3 is 2.71 bits per heavy atom. The second kappa shape index (κ2) is 9.98. The van der Waals surface area contributed by atoms with Gasteiger partial charge in [-0.15, -0.1) is 24.0 Å². The number of nitrogens with one attached hydrogen (secondary N) is 1. The van der Waals surface area contributed by atoms with E-state index in [0.29, 0.717) is 0 Å². The molecule has 2 heterocycles. The zero-order chi connectivity index (χ0) is 18.7. The number of aliphatic imine (C=N–C) groups is 1. The maximum atomic E-state index is 6.22. The quantitative estimate of drug-likeness (QED) is 0.346. The number of hydrogen-bond donors (Lipinski definition) is 1. The standard InChI is InChI=1S/C22H33ClN4.HI/c1-2-24-21(27-13-8-18(16-27)15-26-11-3-4-12-26)25-17-22(9-10-22)19-6-5-7-20(23)14-19;/h5-7,14,18H,2-4,8-13,15-17H2,1H3,(H,24,25);1H. The first-order chi connectivity index (χ1) is 13.2. The lowest BCUT2D eigenvalue weighted by Crippen LogP contribution is -2.41. The van der Waals surface area contributed by atoms with Crippen molar-refractivity contribution in [3.05, 3.63) is 34.9 Å². The van der Waals surface area contributed by atoms with Crippen molar-refractivity contribution in [2.45, 2.75) is 44.4 Å². The van der Waals surface area contributed by atoms with Gasteiger partial charge in [-0.25, -0.2) is 0 Å². The van der Waals surface area contributed by atoms with Gasteiger partial charge in [0.25, 0.3) is 0 Å². The molecule has 4 rings (SSSR count). The fourth-order valence-electron chi connectivity index (χ4n) is 4.66. The Morgan fingerprint density at radius 2 is 2.04 bits per heavy atom. The minimum atomic E-state index is 0. The number of benzene rings is 1. The van der Waals surface area contributed by atoms with E-state index in [4.69, 9.17) is 16.6 Å². The van der Waals surface area contributed by atoms with Crippen molar-refractivity contribution < 1.29 is 0 Å². The van der Waals surface area contributed by atoms with E-state index >= 15 is 0 Å². The number of rotatable bonds is 6. The molecule has 2 aliphatic heterocycles. The minimum Gasteiger partial charge on any atom is -0.357 e. The van der Waals surface area contributed by atoms with Crippen molar-refractivity contribution in [1.29, 1.82) is 0 Å². The van der Waals surface area contributed by atoms with Crippen LogP contribution in [0.25, 0.3) is 0 Å². The van der Waals surface area contributed by atoms with Gasteiger partial charge in [-0.2, -0.15) is 0 Å². The molecule has 3 aliphatic rings. The summed E-state index contributed by atoms with van der Waals surface area (Å²) in [5, 5.41) is 4.37. The topological polar surface area (TPSA) is 30.9 Å². The predicted octanol–water partition coefficient (Wildman–Crippen LogP) is 4.37. The third kappa shape index (κ3) is 5.33. The second-order valence-corrected chi connectivity index (χ2v) is 9.01. The van der Waals surface area contributed by atoms with Gasteiger partial charge in [-0.1, -0.05) is 23.7 Å². The third-order valence-corrected chi connectivity index (χ3v) is 6.69. The summed E-state index contributed by atoms with van der Waals surface area (Å²) in [5.74, 6) is 1.89. The highest BCUT2D eigenvalue weighted by Gasteiger charge is 2.44. The van der Waals surface area contributed by atoms with Crippen LogP contribution in [-0.4, -0.2) is 61.6 Å². The second-order valence-electron chi connectivity index (χ2n) is 8.57. The maximum absolute atomic E-state index is 6.22. The lowest BCUT2D eigenvalue weighted by molar-refractivity contribution is 0.281. The molecule has 6 heteroatoms. The van der Waals surface area contributed by atoms with E-state index in [9.17, 15) is 0 Å². The zero-order valence-corrected chi connectivity index (χ0v) is 20.1. The van der Waals surface area contributed by atoms with E-state index < -0.39 is 0 Å². The smallest absolute Gasteiger partial charge is 0.193 e. The van der Waals surface area contributed by atoms with Crippen molar-refractivity contribution >= 4 is 41.5 Å². The first kappa shape index (κ1) is 22.2. The number of guanidine groups is 1. The summed E-state index contributed by atoms with van der Waals surface area (Å²) >= 11 is 6.22. The Morgan fingerprint density at radius 1 is 1.25 bits per heavy atom. The van der Waals surface area contributed by atoms with Crippen LogP contribution in [0.2, 0.25) is 5.02 Å². The number of likely N-dealkylation sites (tertiary alicyclic amines) is 2. The minimum absolute atomic E-state index is 0. The fourth-order valence-corrected chi connectivity index (χ4v) is 4.85. The Labute approximate surface area is 192 Å². The molecule has 1 aromatic rings. The highest BCUT2D eigenvalue weighted by atomic mass is 127. The molecule has 4 nitrogen and oxygen atoms in total. The first-order valence-corrected chi connectivity index (χ1v) is 11.1. The third-order valence-electron chi connectivity index (χ3n) is 6.46. The molecule has 1 aromatic carbocycles. The summed E-state index contributed by atoms with van der Waals surface area (Å²) in [6.07, 6.45) is 6.49. The molecule has 0 aromatic heterocycles. The molecule has 1 aliphatic carbocycles. The van der Waals surface area contributed by atoms with Gasteiger partial charge in [0.05, 0.1) is 6.54 Å². The lowest BCUT2D eigenvalue weighted by Gasteiger charge is -2.24. The molecule has 3 fully saturated rings. The predicted molar refractivity (Wildman–Crippen MR) is 129 cm³/mol. The SMILES string of the molecule is CCNC(=NCC1(c2cccc(Cl)c2)CC1)N1CCC(CN2CCCC2)C1.I. The number of hydrogen-bond acceptors (Lipinski definition) is 2. The van der Waals surface area contributed by atoms with Gasteiger partial charge in [-0.05, 0) is 75.7 Å². The largest absolute Gasteiger partial charge is 0.357 e. The fraction of sp³-hybridized carbons (Fsp3) is 0.682. The first-order valence-electron chi connectivity index (χ1n) is 10.7. The van der Waals surface area contributed by atoms with Crippen LogP contribution in [0.1, 0.15) is 44.6 Å². The Balaban J connectivity index is 0.00000225. The Kier molecular flexibility index (Phi) is 7.90. The molecule has 2 saturated heterocycles. The van der Waals surface area contributed by atoms with Gasteiger partial charge in [0.1, 0.15) is 0 Å². The molecule has 0 radical (unpaired) electrons. The molecule has 0 spiro atoms. The molecule has 1 unspecified atom stereocenters. The lowest BCUT2D eigenvalue weighted by atomic mass is 9.96. The van der Waals surface area contributed by atoms with Crippen molar-refractivity contribution in [1.82, 2.24) is 15.1 Å². The summed E-state index contributed by atoms with van der Waals surface area (Å²) in [6.45, 7) is 10.1. The highest BCUT2D eigenvalue weighted by Crippen LogP contribution is 2.48. The maximum Gasteiger partial charge on any atom is 0.193 e. The highest BCUT2D eigenvalue weighted by molar-refractivity contribution is 14.0. The van der Waals surface area contributed by atoms with Crippen LogP contribution in [0.5, 0.6) is 0 Å². The Bertz CT molecular complexity index is 670. The van der Waals surface area contributed by atoms with E-state index in [1.165, 1.54) is 57.3 Å². The molecular formula is C22H34ClIN4. The summed E-state index contributed by atoms with van der Waals surface area (Å²) in [5.41, 5.74) is 1.56. The van der Waals surface area contributed by atoms with Crippen molar-refractivity contribution in [2.75, 3.05) is 45.8 Å². The molecule has 0 bridgehead atoms. The summed E-state index contributed by atoms with van der Waals surface area (Å²) < 4.78 is 0.